The number of carbonyl (C=O) groups excluding carboxylic acids is 1. The first-order valence-corrected chi connectivity index (χ1v) is 11.5. The molecule has 1 aromatic rings. The molecule has 3 atom stereocenters. The average Bonchev–Trinajstić information content (AvgIpc) is 2.69. The standard InChI is InChI=1S/C20H30FN3O3S/c1-15-6-3-4-9-19(15)22-20(25)16(2)23-10-12-24(13-11-23)28(26,27)18-8-5-7-17(21)14-18/h5,7-8,14-16,19H,3-4,6,9-13H2,1-2H3,(H,22,25)/t15-,16-,19-/m1/s1. The molecule has 1 amide bonds. The van der Waals surface area contributed by atoms with Gasteiger partial charge in [-0.05, 0) is 43.9 Å². The largest absolute Gasteiger partial charge is 0.352 e. The summed E-state index contributed by atoms with van der Waals surface area (Å²) in [5, 5.41) is 3.19. The number of rotatable bonds is 5. The SMILES string of the molecule is C[C@@H]1CCCC[C@H]1NC(=O)[C@@H](C)N1CCN(S(=O)(=O)c2cccc(F)c2)CC1. The molecule has 1 aliphatic heterocycles. The highest BCUT2D eigenvalue weighted by molar-refractivity contribution is 7.89. The van der Waals surface area contributed by atoms with Gasteiger partial charge in [0, 0.05) is 32.2 Å². The van der Waals surface area contributed by atoms with E-state index in [9.17, 15) is 17.6 Å². The van der Waals surface area contributed by atoms with Crippen molar-refractivity contribution in [2.75, 3.05) is 26.2 Å². The van der Waals surface area contributed by atoms with Crippen molar-refractivity contribution in [3.05, 3.63) is 30.1 Å². The first kappa shape index (κ1) is 21.2. The lowest BCUT2D eigenvalue weighted by Gasteiger charge is -2.38. The number of amides is 1. The first-order valence-electron chi connectivity index (χ1n) is 10.1. The molecule has 0 unspecified atom stereocenters. The summed E-state index contributed by atoms with van der Waals surface area (Å²) in [7, 11) is -3.72. The molecule has 1 aromatic carbocycles. The highest BCUT2D eigenvalue weighted by Crippen LogP contribution is 2.24. The second-order valence-electron chi connectivity index (χ2n) is 7.95. The minimum Gasteiger partial charge on any atom is -0.352 e. The van der Waals surface area contributed by atoms with Crippen molar-refractivity contribution in [1.82, 2.24) is 14.5 Å². The van der Waals surface area contributed by atoms with E-state index < -0.39 is 15.8 Å². The summed E-state index contributed by atoms with van der Waals surface area (Å²) >= 11 is 0. The Morgan fingerprint density at radius 3 is 2.50 bits per heavy atom. The van der Waals surface area contributed by atoms with Gasteiger partial charge in [-0.3, -0.25) is 9.69 Å². The van der Waals surface area contributed by atoms with Gasteiger partial charge in [-0.1, -0.05) is 25.8 Å². The van der Waals surface area contributed by atoms with Gasteiger partial charge in [0.2, 0.25) is 15.9 Å². The van der Waals surface area contributed by atoms with Crippen LogP contribution in [0.5, 0.6) is 0 Å². The maximum Gasteiger partial charge on any atom is 0.243 e. The fourth-order valence-corrected chi connectivity index (χ4v) is 5.56. The second kappa shape index (κ2) is 8.88. The van der Waals surface area contributed by atoms with Crippen LogP contribution in [0.15, 0.2) is 29.2 Å². The molecule has 0 aromatic heterocycles. The molecule has 3 rings (SSSR count). The Hall–Kier alpha value is -1.51. The van der Waals surface area contributed by atoms with Crippen LogP contribution >= 0.6 is 0 Å². The third-order valence-corrected chi connectivity index (χ3v) is 7.97. The third kappa shape index (κ3) is 4.72. The zero-order chi connectivity index (χ0) is 20.3. The molecule has 0 spiro atoms. The Bertz CT molecular complexity index is 794. The van der Waals surface area contributed by atoms with Gasteiger partial charge >= 0.3 is 0 Å². The van der Waals surface area contributed by atoms with Crippen molar-refractivity contribution in [1.29, 1.82) is 0 Å². The summed E-state index contributed by atoms with van der Waals surface area (Å²) in [4.78, 5) is 14.7. The predicted molar refractivity (Wildman–Crippen MR) is 106 cm³/mol. The van der Waals surface area contributed by atoms with Crippen LogP contribution in [0.1, 0.15) is 39.5 Å². The molecule has 1 aliphatic carbocycles. The summed E-state index contributed by atoms with van der Waals surface area (Å²) in [5.41, 5.74) is 0. The van der Waals surface area contributed by atoms with E-state index in [1.807, 2.05) is 11.8 Å². The van der Waals surface area contributed by atoms with Crippen molar-refractivity contribution in [3.63, 3.8) is 0 Å². The van der Waals surface area contributed by atoms with Crippen LogP contribution in [-0.4, -0.2) is 61.8 Å². The Labute approximate surface area is 167 Å². The Morgan fingerprint density at radius 2 is 1.86 bits per heavy atom. The Kier molecular flexibility index (Phi) is 6.73. The van der Waals surface area contributed by atoms with Gasteiger partial charge < -0.3 is 5.32 Å². The molecule has 156 valence electrons. The van der Waals surface area contributed by atoms with E-state index in [1.165, 1.54) is 28.9 Å². The molecule has 1 heterocycles. The molecular weight excluding hydrogens is 381 g/mol. The van der Waals surface area contributed by atoms with Crippen molar-refractivity contribution < 1.29 is 17.6 Å². The van der Waals surface area contributed by atoms with E-state index in [1.54, 1.807) is 0 Å². The number of benzene rings is 1. The highest BCUT2D eigenvalue weighted by Gasteiger charge is 2.33. The molecule has 1 N–H and O–H groups in total. The van der Waals surface area contributed by atoms with Crippen molar-refractivity contribution >= 4 is 15.9 Å². The van der Waals surface area contributed by atoms with E-state index in [2.05, 4.69) is 12.2 Å². The minimum absolute atomic E-state index is 0.0141. The van der Waals surface area contributed by atoms with E-state index in [0.29, 0.717) is 19.0 Å². The van der Waals surface area contributed by atoms with Crippen LogP contribution < -0.4 is 5.32 Å². The number of carbonyl (C=O) groups is 1. The quantitative estimate of drug-likeness (QED) is 0.807. The number of sulfonamides is 1. The molecule has 1 saturated heterocycles. The summed E-state index contributed by atoms with van der Waals surface area (Å²) < 4.78 is 40.2. The van der Waals surface area contributed by atoms with Crippen LogP contribution in [0, 0.1) is 11.7 Å². The second-order valence-corrected chi connectivity index (χ2v) is 9.89. The minimum atomic E-state index is -3.72. The highest BCUT2D eigenvalue weighted by atomic mass is 32.2. The number of halogens is 1. The lowest BCUT2D eigenvalue weighted by atomic mass is 9.86. The zero-order valence-corrected chi connectivity index (χ0v) is 17.4. The van der Waals surface area contributed by atoms with Gasteiger partial charge in [-0.15, -0.1) is 0 Å². The monoisotopic (exact) mass is 411 g/mol. The number of hydrogen-bond acceptors (Lipinski definition) is 4. The van der Waals surface area contributed by atoms with Crippen molar-refractivity contribution in [2.24, 2.45) is 5.92 Å². The van der Waals surface area contributed by atoms with E-state index in [0.717, 1.165) is 25.3 Å². The fraction of sp³-hybridized carbons (Fsp3) is 0.650. The molecular formula is C20H30FN3O3S. The van der Waals surface area contributed by atoms with Gasteiger partial charge in [0.1, 0.15) is 5.82 Å². The topological polar surface area (TPSA) is 69.7 Å². The Balaban J connectivity index is 1.56. The summed E-state index contributed by atoms with van der Waals surface area (Å²) in [6, 6.07) is 5.02. The molecule has 1 saturated carbocycles. The number of nitrogens with zero attached hydrogens (tertiary/aromatic N) is 2. The van der Waals surface area contributed by atoms with Crippen LogP contribution in [0.4, 0.5) is 4.39 Å². The molecule has 2 fully saturated rings. The van der Waals surface area contributed by atoms with Gasteiger partial charge in [0.15, 0.2) is 0 Å². The van der Waals surface area contributed by atoms with Crippen molar-refractivity contribution in [3.8, 4) is 0 Å². The van der Waals surface area contributed by atoms with Gasteiger partial charge in [0.25, 0.3) is 0 Å². The third-order valence-electron chi connectivity index (χ3n) is 6.07. The van der Waals surface area contributed by atoms with Crippen molar-refractivity contribution in [2.45, 2.75) is 56.5 Å². The zero-order valence-electron chi connectivity index (χ0n) is 16.6. The smallest absolute Gasteiger partial charge is 0.243 e. The molecule has 6 nitrogen and oxygen atoms in total. The van der Waals surface area contributed by atoms with E-state index in [-0.39, 0.29) is 36.0 Å². The molecule has 28 heavy (non-hydrogen) atoms. The average molecular weight is 412 g/mol. The predicted octanol–water partition coefficient (Wildman–Crippen LogP) is 2.22. The molecule has 2 aliphatic rings. The molecule has 8 heteroatoms. The van der Waals surface area contributed by atoms with Gasteiger partial charge in [0.05, 0.1) is 10.9 Å². The van der Waals surface area contributed by atoms with Gasteiger partial charge in [-0.25, -0.2) is 12.8 Å². The lowest BCUT2D eigenvalue weighted by Crippen LogP contribution is -2.56. The number of piperazine rings is 1. The first-order chi connectivity index (χ1) is 13.3. The van der Waals surface area contributed by atoms with E-state index in [4.69, 9.17) is 0 Å². The number of hydrogen-bond donors (Lipinski definition) is 1. The van der Waals surface area contributed by atoms with E-state index >= 15 is 0 Å². The van der Waals surface area contributed by atoms with Crippen LogP contribution in [0.2, 0.25) is 0 Å². The maximum atomic E-state index is 13.4. The summed E-state index contributed by atoms with van der Waals surface area (Å²) in [5.74, 6) is -0.0553. The number of nitrogens with one attached hydrogen (secondary N) is 1. The normalized spacial score (nSPS) is 26.0. The Morgan fingerprint density at radius 1 is 1.18 bits per heavy atom. The van der Waals surface area contributed by atoms with Crippen LogP contribution in [0.25, 0.3) is 0 Å². The molecule has 0 bridgehead atoms. The van der Waals surface area contributed by atoms with Crippen LogP contribution in [0.3, 0.4) is 0 Å². The maximum absolute atomic E-state index is 13.4. The lowest BCUT2D eigenvalue weighted by molar-refractivity contribution is -0.127. The summed E-state index contributed by atoms with van der Waals surface area (Å²) in [6.07, 6.45) is 4.56. The fourth-order valence-electron chi connectivity index (χ4n) is 4.11. The van der Waals surface area contributed by atoms with Gasteiger partial charge in [-0.2, -0.15) is 4.31 Å². The summed E-state index contributed by atoms with van der Waals surface area (Å²) in [6.45, 7) is 5.59. The van der Waals surface area contributed by atoms with Crippen LogP contribution in [-0.2, 0) is 14.8 Å². The molecule has 0 radical (unpaired) electrons.